The molecule has 2 atom stereocenters. The summed E-state index contributed by atoms with van der Waals surface area (Å²) in [6, 6.07) is 11.9. The lowest BCUT2D eigenvalue weighted by Gasteiger charge is -2.47. The summed E-state index contributed by atoms with van der Waals surface area (Å²) in [5, 5.41) is 17.0. The minimum atomic E-state index is -1.00. The van der Waals surface area contributed by atoms with E-state index < -0.39 is 41.8 Å². The van der Waals surface area contributed by atoms with Crippen molar-refractivity contribution in [3.05, 3.63) is 115 Å². The number of likely N-dealkylation sites (N-methyl/N-ethyl adjacent to an activating group) is 1. The highest BCUT2D eigenvalue weighted by Gasteiger charge is 2.46. The zero-order valence-corrected chi connectivity index (χ0v) is 43.1. The number of anilines is 6. The van der Waals surface area contributed by atoms with Crippen LogP contribution in [0.5, 0.6) is 0 Å². The summed E-state index contributed by atoms with van der Waals surface area (Å²) in [7, 11) is 3.00. The maximum absolute atomic E-state index is 14.1. The van der Waals surface area contributed by atoms with Gasteiger partial charge < -0.3 is 30.1 Å². The number of aliphatic hydroxyl groups excluding tert-OH is 1. The summed E-state index contributed by atoms with van der Waals surface area (Å²) in [4.78, 5) is 115. The van der Waals surface area contributed by atoms with Crippen LogP contribution in [0.1, 0.15) is 97.4 Å². The van der Waals surface area contributed by atoms with Crippen molar-refractivity contribution >= 4 is 81.2 Å². The van der Waals surface area contributed by atoms with Crippen molar-refractivity contribution in [2.24, 2.45) is 7.05 Å². The molecule has 0 bridgehead atoms. The van der Waals surface area contributed by atoms with Gasteiger partial charge in [-0.2, -0.15) is 0 Å². The number of piperazine rings is 1. The van der Waals surface area contributed by atoms with E-state index in [-0.39, 0.29) is 47.6 Å². The number of likely N-dealkylation sites (tertiary alicyclic amines) is 1. The number of thiophene rings is 1. The molecule has 1 aliphatic carbocycles. The Labute approximate surface area is 437 Å². The predicted octanol–water partition coefficient (Wildman–Crippen LogP) is 5.27. The minimum absolute atomic E-state index is 0.0218. The Kier molecular flexibility index (Phi) is 13.2. The Morgan fingerprint density at radius 3 is 2.41 bits per heavy atom. The lowest BCUT2D eigenvalue weighted by atomic mass is 9.92. The molecule has 5 aliphatic heterocycles. The van der Waals surface area contributed by atoms with E-state index in [2.05, 4.69) is 43.8 Å². The van der Waals surface area contributed by atoms with Gasteiger partial charge in [0.05, 0.1) is 39.7 Å². The normalized spacial score (nSPS) is 20.4. The van der Waals surface area contributed by atoms with E-state index in [1.54, 1.807) is 59.9 Å². The second kappa shape index (κ2) is 19.9. The maximum Gasteiger partial charge on any atom is 0.293 e. The minimum Gasteiger partial charge on any atom is -0.392 e. The van der Waals surface area contributed by atoms with Crippen LogP contribution in [-0.4, -0.2) is 134 Å². The van der Waals surface area contributed by atoms with Crippen LogP contribution in [0.4, 0.5) is 34.4 Å². The van der Waals surface area contributed by atoms with E-state index in [0.29, 0.717) is 59.6 Å². The summed E-state index contributed by atoms with van der Waals surface area (Å²) in [6.45, 7) is 9.58. The average Bonchev–Trinajstić information content (AvgIpc) is 3.93. The first-order valence-electron chi connectivity index (χ1n) is 25.8. The van der Waals surface area contributed by atoms with Crippen molar-refractivity contribution in [1.82, 2.24) is 29.2 Å². The average molecular weight is 1030 g/mol. The fourth-order valence-electron chi connectivity index (χ4n) is 12.0. The standard InChI is InChI=1S/C55H59N11O8S/c1-5-46(68)58-41-26-32(57-49-55(74)60(3)29-42(59-49)35-16-20-56-50(40(35)30-67)65-23-19-37-36-8-6-7-9-45(36)75-48(37)54(65)73)10-13-43(41)64-25-24-63(28-31(64)2)33-17-21-62(22-18-33)34-11-12-38-39(27-34)52(71)66(51(38)70)44-14-15-47(69)61(4)53(44)72/h5,10-13,16,20,26-27,29,31,33,44,67H,1,6-9,14-15,17-19,21-25,28,30H2,2-4H3,(H,57,59)(H,58,68)/t31-,44?/m0/s1. The smallest absolute Gasteiger partial charge is 0.293 e. The van der Waals surface area contributed by atoms with Crippen LogP contribution in [-0.2, 0) is 47.3 Å². The number of aromatic nitrogens is 3. The molecule has 19 nitrogen and oxygen atoms in total. The van der Waals surface area contributed by atoms with Gasteiger partial charge in [0.1, 0.15) is 11.9 Å². The number of nitrogens with zero attached hydrogens (tertiary/aromatic N) is 9. The lowest BCUT2D eigenvalue weighted by Crippen LogP contribution is -2.57. The van der Waals surface area contributed by atoms with Gasteiger partial charge in [0.15, 0.2) is 5.82 Å². The molecule has 75 heavy (non-hydrogen) atoms. The van der Waals surface area contributed by atoms with Crippen LogP contribution in [0, 0.1) is 0 Å². The van der Waals surface area contributed by atoms with E-state index in [0.717, 1.165) is 96.3 Å². The largest absolute Gasteiger partial charge is 0.392 e. The molecule has 3 fully saturated rings. The molecule has 3 N–H and O–H groups in total. The molecule has 0 radical (unpaired) electrons. The third kappa shape index (κ3) is 8.87. The number of imide groups is 2. The number of nitrogens with one attached hydrogen (secondary N) is 2. The Bertz CT molecular complexity index is 3290. The van der Waals surface area contributed by atoms with Crippen LogP contribution >= 0.6 is 11.3 Å². The van der Waals surface area contributed by atoms with E-state index >= 15 is 0 Å². The van der Waals surface area contributed by atoms with Gasteiger partial charge in [0, 0.05) is 112 Å². The van der Waals surface area contributed by atoms with E-state index in [1.165, 1.54) is 28.1 Å². The molecule has 6 amide bonds. The molecule has 3 aromatic heterocycles. The van der Waals surface area contributed by atoms with Gasteiger partial charge >= 0.3 is 0 Å². The van der Waals surface area contributed by atoms with Gasteiger partial charge in [-0.25, -0.2) is 9.97 Å². The number of hydrogen-bond donors (Lipinski definition) is 3. The van der Waals surface area contributed by atoms with Crippen molar-refractivity contribution in [3.8, 4) is 11.3 Å². The number of carbonyl (C=O) groups is 6. The van der Waals surface area contributed by atoms with Gasteiger partial charge in [-0.15, -0.1) is 11.3 Å². The highest BCUT2D eigenvalue weighted by atomic mass is 32.1. The first kappa shape index (κ1) is 49.7. The molecule has 11 rings (SSSR count). The molecule has 3 saturated heterocycles. The van der Waals surface area contributed by atoms with Crippen molar-refractivity contribution in [2.75, 3.05) is 71.6 Å². The van der Waals surface area contributed by atoms with Crippen LogP contribution in [0.3, 0.4) is 0 Å². The molecular formula is C55H59N11O8S. The molecule has 0 spiro atoms. The quantitative estimate of drug-likeness (QED) is 0.114. The van der Waals surface area contributed by atoms with Crippen molar-refractivity contribution in [3.63, 3.8) is 0 Å². The number of pyridine rings is 1. The highest BCUT2D eigenvalue weighted by molar-refractivity contribution is 7.14. The van der Waals surface area contributed by atoms with E-state index in [4.69, 9.17) is 4.98 Å². The molecule has 5 aromatic rings. The molecule has 1 unspecified atom stereocenters. The molecule has 388 valence electrons. The van der Waals surface area contributed by atoms with Crippen molar-refractivity contribution < 1.29 is 33.9 Å². The number of carbonyl (C=O) groups excluding carboxylic acids is 6. The summed E-state index contributed by atoms with van der Waals surface area (Å²) >= 11 is 1.59. The molecule has 8 heterocycles. The van der Waals surface area contributed by atoms with E-state index in [9.17, 15) is 38.7 Å². The Morgan fingerprint density at radius 2 is 1.64 bits per heavy atom. The number of hydrogen-bond acceptors (Lipinski definition) is 15. The molecule has 0 saturated carbocycles. The number of aryl methyl sites for hydroxylation is 2. The predicted molar refractivity (Wildman–Crippen MR) is 285 cm³/mol. The fourth-order valence-corrected chi connectivity index (χ4v) is 13.3. The second-order valence-corrected chi connectivity index (χ2v) is 21.4. The first-order valence-corrected chi connectivity index (χ1v) is 26.6. The highest BCUT2D eigenvalue weighted by Crippen LogP contribution is 2.41. The fraction of sp³-hybridized carbons (Fsp3) is 0.400. The number of piperidine rings is 2. The number of amides is 6. The third-order valence-electron chi connectivity index (χ3n) is 16.0. The number of benzene rings is 2. The SMILES string of the molecule is C=CC(=O)Nc1cc(Nc2nc(-c3ccnc(N4CCc5c(sc6c5CCCC6)C4=O)c3CO)cn(C)c2=O)ccc1N1CCN(C2CCN(c3ccc4c(c3)C(=O)N(C3CCC(=O)N(C)C3=O)C4=O)CC2)C[C@@H]1C. The van der Waals surface area contributed by atoms with Gasteiger partial charge in [-0.3, -0.25) is 53.2 Å². The summed E-state index contributed by atoms with van der Waals surface area (Å²) < 4.78 is 1.42. The molecule has 2 aromatic carbocycles. The third-order valence-corrected chi connectivity index (χ3v) is 17.3. The van der Waals surface area contributed by atoms with Crippen molar-refractivity contribution in [2.45, 2.75) is 89.4 Å². The Morgan fingerprint density at radius 1 is 0.853 bits per heavy atom. The van der Waals surface area contributed by atoms with Crippen molar-refractivity contribution in [1.29, 1.82) is 0 Å². The Balaban J connectivity index is 0.766. The monoisotopic (exact) mass is 1030 g/mol. The molecule has 20 heteroatoms. The number of rotatable bonds is 11. The van der Waals surface area contributed by atoms with Crippen LogP contribution in [0.2, 0.25) is 0 Å². The van der Waals surface area contributed by atoms with Crippen LogP contribution < -0.4 is 30.9 Å². The molecule has 6 aliphatic rings. The van der Waals surface area contributed by atoms with E-state index in [1.807, 2.05) is 18.2 Å². The van der Waals surface area contributed by atoms with Crippen LogP contribution in [0.25, 0.3) is 11.3 Å². The van der Waals surface area contributed by atoms with Crippen LogP contribution in [0.15, 0.2) is 72.3 Å². The second-order valence-electron chi connectivity index (χ2n) is 20.3. The summed E-state index contributed by atoms with van der Waals surface area (Å²) in [6.07, 6.45) is 11.4. The Hall–Kier alpha value is -7.55. The maximum atomic E-state index is 14.1. The first-order chi connectivity index (χ1) is 36.2. The van der Waals surface area contributed by atoms with Gasteiger partial charge in [-0.05, 0) is 118 Å². The number of fused-ring (bicyclic) bond motifs is 4. The molecular weight excluding hydrogens is 975 g/mol. The number of aliphatic hydroxyl groups is 1. The van der Waals surface area contributed by atoms with Gasteiger partial charge in [0.2, 0.25) is 11.8 Å². The lowest BCUT2D eigenvalue weighted by molar-refractivity contribution is -0.149. The van der Waals surface area contributed by atoms with Gasteiger partial charge in [-0.1, -0.05) is 6.58 Å². The zero-order valence-electron chi connectivity index (χ0n) is 42.3. The topological polar surface area (TPSA) is 214 Å². The summed E-state index contributed by atoms with van der Waals surface area (Å²) in [5.41, 5.74) is 6.67. The van der Waals surface area contributed by atoms with Gasteiger partial charge in [0.25, 0.3) is 29.2 Å². The summed E-state index contributed by atoms with van der Waals surface area (Å²) in [5.74, 6) is -2.02. The zero-order chi connectivity index (χ0) is 52.4.